The summed E-state index contributed by atoms with van der Waals surface area (Å²) in [6.07, 6.45) is 0.986. The molecule has 1 aliphatic heterocycles. The minimum atomic E-state index is -0.0807. The van der Waals surface area contributed by atoms with E-state index in [1.165, 1.54) is 0 Å². The zero-order valence-electron chi connectivity index (χ0n) is 8.95. The Hall–Kier alpha value is -1.05. The van der Waals surface area contributed by atoms with Crippen molar-refractivity contribution < 1.29 is 4.39 Å². The molecule has 1 aliphatic rings. The second-order valence-electron chi connectivity index (χ2n) is 4.67. The van der Waals surface area contributed by atoms with E-state index in [9.17, 15) is 4.39 Å². The van der Waals surface area contributed by atoms with Gasteiger partial charge < -0.3 is 5.32 Å². The van der Waals surface area contributed by atoms with Crippen LogP contribution in [0.4, 0.5) is 10.1 Å². The van der Waals surface area contributed by atoms with Gasteiger partial charge in [-0.15, -0.1) is 0 Å². The maximum Gasteiger partial charge on any atom is 0.129 e. The van der Waals surface area contributed by atoms with Gasteiger partial charge in [-0.25, -0.2) is 4.39 Å². The lowest BCUT2D eigenvalue weighted by atomic mass is 9.77. The van der Waals surface area contributed by atoms with E-state index in [0.717, 1.165) is 29.8 Å². The maximum absolute atomic E-state index is 13.7. The van der Waals surface area contributed by atoms with Gasteiger partial charge in [0.15, 0.2) is 0 Å². The largest absolute Gasteiger partial charge is 0.384 e. The summed E-state index contributed by atoms with van der Waals surface area (Å²) in [6, 6.07) is 3.41. The van der Waals surface area contributed by atoms with Crippen molar-refractivity contribution in [1.29, 1.82) is 0 Å². The molecular formula is C12H16FN. The van der Waals surface area contributed by atoms with Gasteiger partial charge in [-0.3, -0.25) is 0 Å². The standard InChI is InChI=1S/C12H16FN/c1-8-4-5-9(13)10-11(8)14-7-6-12(10,2)3/h4-5,14H,6-7H2,1-3H3. The number of fused-ring (bicyclic) bond motifs is 1. The third-order valence-corrected chi connectivity index (χ3v) is 3.09. The van der Waals surface area contributed by atoms with Crippen LogP contribution in [0, 0.1) is 12.7 Å². The van der Waals surface area contributed by atoms with E-state index in [4.69, 9.17) is 0 Å². The monoisotopic (exact) mass is 193 g/mol. The first-order valence-electron chi connectivity index (χ1n) is 5.06. The topological polar surface area (TPSA) is 12.0 Å². The number of anilines is 1. The first-order valence-corrected chi connectivity index (χ1v) is 5.06. The summed E-state index contributed by atoms with van der Waals surface area (Å²) in [5, 5.41) is 3.29. The van der Waals surface area contributed by atoms with Crippen LogP contribution in [0.3, 0.4) is 0 Å². The van der Waals surface area contributed by atoms with Crippen molar-refractivity contribution in [3.8, 4) is 0 Å². The molecule has 76 valence electrons. The van der Waals surface area contributed by atoms with Gasteiger partial charge in [0.05, 0.1) is 0 Å². The van der Waals surface area contributed by atoms with E-state index in [0.29, 0.717) is 0 Å². The number of hydrogen-bond acceptors (Lipinski definition) is 1. The first kappa shape index (κ1) is 9.50. The van der Waals surface area contributed by atoms with Crippen LogP contribution < -0.4 is 5.32 Å². The molecule has 0 aromatic heterocycles. The predicted octanol–water partition coefficient (Wildman–Crippen LogP) is 3.23. The van der Waals surface area contributed by atoms with Crippen molar-refractivity contribution >= 4 is 5.69 Å². The van der Waals surface area contributed by atoms with Gasteiger partial charge in [0.25, 0.3) is 0 Å². The summed E-state index contributed by atoms with van der Waals surface area (Å²) in [7, 11) is 0. The highest BCUT2D eigenvalue weighted by atomic mass is 19.1. The number of rotatable bonds is 0. The molecule has 1 heterocycles. The van der Waals surface area contributed by atoms with Gasteiger partial charge in [-0.1, -0.05) is 19.9 Å². The minimum absolute atomic E-state index is 0.0450. The Bertz CT molecular complexity index is 369. The number of benzene rings is 1. The number of hydrogen-bond donors (Lipinski definition) is 1. The molecule has 0 aliphatic carbocycles. The van der Waals surface area contributed by atoms with Crippen LogP contribution >= 0.6 is 0 Å². The molecule has 0 atom stereocenters. The highest BCUT2D eigenvalue weighted by molar-refractivity contribution is 5.62. The molecule has 0 spiro atoms. The number of halogens is 1. The van der Waals surface area contributed by atoms with Crippen molar-refractivity contribution in [2.24, 2.45) is 0 Å². The second-order valence-corrected chi connectivity index (χ2v) is 4.67. The third-order valence-electron chi connectivity index (χ3n) is 3.09. The Labute approximate surface area is 84.3 Å². The summed E-state index contributed by atoms with van der Waals surface area (Å²) < 4.78 is 13.7. The zero-order chi connectivity index (χ0) is 10.3. The molecule has 1 nitrogen and oxygen atoms in total. The van der Waals surface area contributed by atoms with E-state index >= 15 is 0 Å². The van der Waals surface area contributed by atoms with Gasteiger partial charge in [0.1, 0.15) is 5.82 Å². The number of aryl methyl sites for hydroxylation is 1. The van der Waals surface area contributed by atoms with Gasteiger partial charge in [0.2, 0.25) is 0 Å². The smallest absolute Gasteiger partial charge is 0.129 e. The fraction of sp³-hybridized carbons (Fsp3) is 0.500. The van der Waals surface area contributed by atoms with Crippen LogP contribution in [0.25, 0.3) is 0 Å². The summed E-state index contributed by atoms with van der Waals surface area (Å²) >= 11 is 0. The van der Waals surface area contributed by atoms with Gasteiger partial charge in [0, 0.05) is 17.8 Å². The predicted molar refractivity (Wildman–Crippen MR) is 57.3 cm³/mol. The molecule has 0 unspecified atom stereocenters. The van der Waals surface area contributed by atoms with Gasteiger partial charge in [-0.05, 0) is 30.4 Å². The van der Waals surface area contributed by atoms with Crippen LogP contribution in [0.1, 0.15) is 31.4 Å². The molecule has 14 heavy (non-hydrogen) atoms. The zero-order valence-corrected chi connectivity index (χ0v) is 8.95. The molecular weight excluding hydrogens is 177 g/mol. The lowest BCUT2D eigenvalue weighted by Crippen LogP contribution is -2.30. The van der Waals surface area contributed by atoms with E-state index in [1.807, 2.05) is 13.0 Å². The van der Waals surface area contributed by atoms with E-state index in [1.54, 1.807) is 6.07 Å². The lowest BCUT2D eigenvalue weighted by molar-refractivity contribution is 0.449. The SMILES string of the molecule is Cc1ccc(F)c2c1NCCC2(C)C. The van der Waals surface area contributed by atoms with E-state index < -0.39 is 0 Å². The Morgan fingerprint density at radius 1 is 1.36 bits per heavy atom. The summed E-state index contributed by atoms with van der Waals surface area (Å²) in [4.78, 5) is 0. The molecule has 1 N–H and O–H groups in total. The van der Waals surface area contributed by atoms with Crippen LogP contribution in [-0.2, 0) is 5.41 Å². The molecule has 0 fully saturated rings. The second kappa shape index (κ2) is 2.97. The Kier molecular flexibility index (Phi) is 2.02. The van der Waals surface area contributed by atoms with Crippen LogP contribution in [-0.4, -0.2) is 6.54 Å². The fourth-order valence-corrected chi connectivity index (χ4v) is 2.20. The van der Waals surface area contributed by atoms with Gasteiger partial charge in [-0.2, -0.15) is 0 Å². The fourth-order valence-electron chi connectivity index (χ4n) is 2.20. The Balaban J connectivity index is 2.67. The van der Waals surface area contributed by atoms with Crippen molar-refractivity contribution in [3.05, 3.63) is 29.1 Å². The van der Waals surface area contributed by atoms with Crippen molar-refractivity contribution in [2.45, 2.75) is 32.6 Å². The van der Waals surface area contributed by atoms with E-state index in [2.05, 4.69) is 19.2 Å². The number of nitrogens with one attached hydrogen (secondary N) is 1. The first-order chi connectivity index (χ1) is 6.52. The van der Waals surface area contributed by atoms with Crippen molar-refractivity contribution in [2.75, 3.05) is 11.9 Å². The quantitative estimate of drug-likeness (QED) is 0.667. The normalized spacial score (nSPS) is 18.6. The maximum atomic E-state index is 13.7. The Morgan fingerprint density at radius 2 is 2.07 bits per heavy atom. The summed E-state index contributed by atoms with van der Waals surface area (Å²) in [5.41, 5.74) is 2.94. The van der Waals surface area contributed by atoms with Crippen LogP contribution in [0.15, 0.2) is 12.1 Å². The molecule has 2 rings (SSSR count). The molecule has 0 saturated heterocycles. The molecule has 0 saturated carbocycles. The van der Waals surface area contributed by atoms with Crippen LogP contribution in [0.5, 0.6) is 0 Å². The highest BCUT2D eigenvalue weighted by Crippen LogP contribution is 2.39. The van der Waals surface area contributed by atoms with Crippen LogP contribution in [0.2, 0.25) is 0 Å². The summed E-state index contributed by atoms with van der Waals surface area (Å²) in [6.45, 7) is 7.17. The minimum Gasteiger partial charge on any atom is -0.384 e. The molecule has 0 amide bonds. The molecule has 2 heteroatoms. The average molecular weight is 193 g/mol. The van der Waals surface area contributed by atoms with Gasteiger partial charge >= 0.3 is 0 Å². The summed E-state index contributed by atoms with van der Waals surface area (Å²) in [5.74, 6) is -0.0807. The Morgan fingerprint density at radius 3 is 2.71 bits per heavy atom. The van der Waals surface area contributed by atoms with E-state index in [-0.39, 0.29) is 11.2 Å². The van der Waals surface area contributed by atoms with Crippen molar-refractivity contribution in [1.82, 2.24) is 0 Å². The highest BCUT2D eigenvalue weighted by Gasteiger charge is 2.31. The van der Waals surface area contributed by atoms with Crippen molar-refractivity contribution in [3.63, 3.8) is 0 Å². The molecule has 0 bridgehead atoms. The third kappa shape index (κ3) is 1.29. The molecule has 1 aromatic rings. The average Bonchev–Trinajstić information content (AvgIpc) is 2.10. The lowest BCUT2D eigenvalue weighted by Gasteiger charge is -2.34. The molecule has 0 radical (unpaired) electrons. The molecule has 1 aromatic carbocycles.